The summed E-state index contributed by atoms with van der Waals surface area (Å²) in [5.41, 5.74) is 0. The lowest BCUT2D eigenvalue weighted by Gasteiger charge is -2.24. The van der Waals surface area contributed by atoms with Gasteiger partial charge in [-0.25, -0.2) is 14.7 Å². The predicted molar refractivity (Wildman–Crippen MR) is 55.3 cm³/mol. The van der Waals surface area contributed by atoms with Crippen LogP contribution < -0.4 is 14.7 Å². The van der Waals surface area contributed by atoms with E-state index < -0.39 is 7.67 Å². The summed E-state index contributed by atoms with van der Waals surface area (Å²) in [6, 6.07) is 9.18. The second-order valence-corrected chi connectivity index (χ2v) is 5.04. The van der Waals surface area contributed by atoms with Gasteiger partial charge in [-0.2, -0.15) is 0 Å². The van der Waals surface area contributed by atoms with Crippen molar-refractivity contribution in [1.82, 2.24) is 10.2 Å². The van der Waals surface area contributed by atoms with E-state index in [9.17, 15) is 4.57 Å². The Hall–Kier alpha value is -0.830. The van der Waals surface area contributed by atoms with Gasteiger partial charge in [0.25, 0.3) is 0 Å². The SMILES string of the molecule is O=P1(Oc2ccccc2)NCCCN1. The van der Waals surface area contributed by atoms with Crippen molar-refractivity contribution < 1.29 is 9.09 Å². The van der Waals surface area contributed by atoms with Crippen molar-refractivity contribution in [3.8, 4) is 5.75 Å². The fourth-order valence-corrected chi connectivity index (χ4v) is 2.86. The molecule has 1 heterocycles. The molecule has 0 unspecified atom stereocenters. The average Bonchev–Trinajstić information content (AvgIpc) is 2.19. The Kier molecular flexibility index (Phi) is 2.87. The second kappa shape index (κ2) is 4.13. The molecule has 1 fully saturated rings. The summed E-state index contributed by atoms with van der Waals surface area (Å²) in [4.78, 5) is 0. The molecule has 1 aliphatic rings. The maximum Gasteiger partial charge on any atom is 0.390 e. The monoisotopic (exact) mass is 212 g/mol. The van der Waals surface area contributed by atoms with Gasteiger partial charge >= 0.3 is 7.67 Å². The Labute approximate surface area is 83.2 Å². The summed E-state index contributed by atoms with van der Waals surface area (Å²) in [6.45, 7) is 1.47. The van der Waals surface area contributed by atoms with E-state index in [1.807, 2.05) is 18.2 Å². The van der Waals surface area contributed by atoms with E-state index in [1.54, 1.807) is 12.1 Å². The summed E-state index contributed by atoms with van der Waals surface area (Å²) < 4.78 is 17.3. The summed E-state index contributed by atoms with van der Waals surface area (Å²) >= 11 is 0. The minimum absolute atomic E-state index is 0.623. The number of nitrogens with one attached hydrogen (secondary N) is 2. The highest BCUT2D eigenvalue weighted by atomic mass is 31.2. The van der Waals surface area contributed by atoms with Gasteiger partial charge in [-0.15, -0.1) is 0 Å². The molecule has 2 N–H and O–H groups in total. The van der Waals surface area contributed by atoms with Crippen LogP contribution in [0.3, 0.4) is 0 Å². The minimum atomic E-state index is -2.84. The van der Waals surface area contributed by atoms with Gasteiger partial charge in [-0.3, -0.25) is 0 Å². The first kappa shape index (κ1) is 9.71. The molecule has 0 bridgehead atoms. The fraction of sp³-hybridized carbons (Fsp3) is 0.333. The second-order valence-electron chi connectivity index (χ2n) is 3.13. The van der Waals surface area contributed by atoms with E-state index in [1.165, 1.54) is 0 Å². The molecule has 1 aromatic carbocycles. The number of para-hydroxylation sites is 1. The maximum atomic E-state index is 12.0. The minimum Gasteiger partial charge on any atom is -0.422 e. The molecule has 0 atom stereocenters. The number of rotatable bonds is 2. The van der Waals surface area contributed by atoms with Crippen molar-refractivity contribution in [2.75, 3.05) is 13.1 Å². The number of hydrogen-bond acceptors (Lipinski definition) is 2. The topological polar surface area (TPSA) is 50.4 Å². The fourth-order valence-electron chi connectivity index (χ4n) is 1.29. The first-order chi connectivity index (χ1) is 6.79. The van der Waals surface area contributed by atoms with Crippen LogP contribution in [0.15, 0.2) is 30.3 Å². The van der Waals surface area contributed by atoms with Crippen LogP contribution in [0.4, 0.5) is 0 Å². The lowest BCUT2D eigenvalue weighted by atomic mass is 10.3. The molecule has 14 heavy (non-hydrogen) atoms. The standard InChI is InChI=1S/C9H13N2O2P/c12-14(10-7-4-8-11-14)13-9-5-2-1-3-6-9/h1-3,5-6H,4,7-8H2,(H2,10,11,12). The van der Waals surface area contributed by atoms with Crippen molar-refractivity contribution in [3.63, 3.8) is 0 Å². The predicted octanol–water partition coefficient (Wildman–Crippen LogP) is 1.76. The van der Waals surface area contributed by atoms with Crippen molar-refractivity contribution in [2.24, 2.45) is 0 Å². The van der Waals surface area contributed by atoms with E-state index >= 15 is 0 Å². The van der Waals surface area contributed by atoms with Crippen molar-refractivity contribution in [2.45, 2.75) is 6.42 Å². The van der Waals surface area contributed by atoms with Crippen LogP contribution in [0.1, 0.15) is 6.42 Å². The molecule has 5 heteroatoms. The third kappa shape index (κ3) is 2.35. The van der Waals surface area contributed by atoms with Crippen molar-refractivity contribution in [3.05, 3.63) is 30.3 Å². The third-order valence-corrected chi connectivity index (χ3v) is 3.72. The first-order valence-electron chi connectivity index (χ1n) is 4.63. The first-order valence-corrected chi connectivity index (χ1v) is 6.26. The van der Waals surface area contributed by atoms with Gasteiger partial charge in [0.15, 0.2) is 0 Å². The van der Waals surface area contributed by atoms with E-state index in [-0.39, 0.29) is 0 Å². The molecule has 4 nitrogen and oxygen atoms in total. The summed E-state index contributed by atoms with van der Waals surface area (Å²) in [7, 11) is -2.84. The molecule has 0 aromatic heterocycles. The lowest BCUT2D eigenvalue weighted by Crippen LogP contribution is -2.33. The molecule has 0 amide bonds. The molecule has 0 aliphatic carbocycles. The van der Waals surface area contributed by atoms with Crippen LogP contribution >= 0.6 is 7.67 Å². The van der Waals surface area contributed by atoms with Gasteiger partial charge in [0.05, 0.1) is 0 Å². The van der Waals surface area contributed by atoms with E-state index in [0.29, 0.717) is 5.75 Å². The zero-order chi connectivity index (χ0) is 9.86. The van der Waals surface area contributed by atoms with Crippen LogP contribution in [-0.2, 0) is 4.57 Å². The van der Waals surface area contributed by atoms with Crippen LogP contribution in [-0.4, -0.2) is 13.1 Å². The Balaban J connectivity index is 2.06. The van der Waals surface area contributed by atoms with Gasteiger partial charge in [0.2, 0.25) is 0 Å². The van der Waals surface area contributed by atoms with E-state index in [0.717, 1.165) is 19.5 Å². The maximum absolute atomic E-state index is 12.0. The molecule has 76 valence electrons. The number of hydrogen-bond donors (Lipinski definition) is 2. The molecule has 0 saturated carbocycles. The third-order valence-electron chi connectivity index (χ3n) is 1.97. The molecule has 1 saturated heterocycles. The molecule has 1 aromatic rings. The number of benzene rings is 1. The van der Waals surface area contributed by atoms with Gasteiger partial charge in [0.1, 0.15) is 5.75 Å². The van der Waals surface area contributed by atoms with Crippen LogP contribution in [0.25, 0.3) is 0 Å². The molecular weight excluding hydrogens is 199 g/mol. The highest BCUT2D eigenvalue weighted by Crippen LogP contribution is 2.39. The molecule has 1 aliphatic heterocycles. The Morgan fingerprint density at radius 2 is 1.79 bits per heavy atom. The van der Waals surface area contributed by atoms with Gasteiger partial charge in [0, 0.05) is 13.1 Å². The van der Waals surface area contributed by atoms with Gasteiger partial charge < -0.3 is 4.52 Å². The smallest absolute Gasteiger partial charge is 0.390 e. The zero-order valence-corrected chi connectivity index (χ0v) is 8.67. The molecule has 0 spiro atoms. The highest BCUT2D eigenvalue weighted by molar-refractivity contribution is 7.55. The summed E-state index contributed by atoms with van der Waals surface area (Å²) in [5.74, 6) is 0.623. The largest absolute Gasteiger partial charge is 0.422 e. The molecular formula is C9H13N2O2P. The lowest BCUT2D eigenvalue weighted by molar-refractivity contribution is 0.437. The average molecular weight is 212 g/mol. The van der Waals surface area contributed by atoms with E-state index in [4.69, 9.17) is 4.52 Å². The van der Waals surface area contributed by atoms with E-state index in [2.05, 4.69) is 10.2 Å². The van der Waals surface area contributed by atoms with Crippen LogP contribution in [0.5, 0.6) is 5.75 Å². The van der Waals surface area contributed by atoms with Crippen molar-refractivity contribution >= 4 is 7.67 Å². The summed E-state index contributed by atoms with van der Waals surface area (Å²) in [6.07, 6.45) is 0.974. The molecule has 0 radical (unpaired) electrons. The molecule has 2 rings (SSSR count). The zero-order valence-electron chi connectivity index (χ0n) is 7.77. The normalized spacial score (nSPS) is 20.3. The Morgan fingerprint density at radius 3 is 2.43 bits per heavy atom. The van der Waals surface area contributed by atoms with Crippen LogP contribution in [0, 0.1) is 0 Å². The Morgan fingerprint density at radius 1 is 1.14 bits per heavy atom. The van der Waals surface area contributed by atoms with Crippen LogP contribution in [0.2, 0.25) is 0 Å². The highest BCUT2D eigenvalue weighted by Gasteiger charge is 2.26. The quantitative estimate of drug-likeness (QED) is 0.733. The van der Waals surface area contributed by atoms with Gasteiger partial charge in [-0.05, 0) is 18.6 Å². The summed E-state index contributed by atoms with van der Waals surface area (Å²) in [5, 5.41) is 5.73. The van der Waals surface area contributed by atoms with Gasteiger partial charge in [-0.1, -0.05) is 18.2 Å². The van der Waals surface area contributed by atoms with Crippen molar-refractivity contribution in [1.29, 1.82) is 0 Å². The Bertz CT molecular complexity index is 332.